The van der Waals surface area contributed by atoms with Gasteiger partial charge in [-0.3, -0.25) is 0 Å². The van der Waals surface area contributed by atoms with Gasteiger partial charge in [-0.1, -0.05) is 24.3 Å². The second kappa shape index (κ2) is 5.45. The third kappa shape index (κ3) is 3.23. The molecule has 0 aliphatic rings. The fourth-order valence-electron chi connectivity index (χ4n) is 1.90. The van der Waals surface area contributed by atoms with E-state index in [4.69, 9.17) is 5.73 Å². The molecule has 3 N–H and O–H groups in total. The van der Waals surface area contributed by atoms with Crippen molar-refractivity contribution in [1.29, 1.82) is 0 Å². The highest BCUT2D eigenvalue weighted by atomic mass is 19.4. The molecule has 2 aromatic carbocycles. The molecule has 0 atom stereocenters. The summed E-state index contributed by atoms with van der Waals surface area (Å²) in [7, 11) is 0. The number of nitrogens with one attached hydrogen (secondary N) is 1. The Morgan fingerprint density at radius 2 is 1.80 bits per heavy atom. The van der Waals surface area contributed by atoms with Gasteiger partial charge >= 0.3 is 6.18 Å². The molecule has 2 aromatic rings. The molecule has 0 heterocycles. The predicted molar refractivity (Wildman–Crippen MR) is 74.4 cm³/mol. The highest BCUT2D eigenvalue weighted by molar-refractivity contribution is 5.67. The first-order valence-corrected chi connectivity index (χ1v) is 6.13. The van der Waals surface area contributed by atoms with E-state index in [-0.39, 0.29) is 5.69 Å². The lowest BCUT2D eigenvalue weighted by Crippen LogP contribution is -2.08. The Morgan fingerprint density at radius 3 is 2.40 bits per heavy atom. The van der Waals surface area contributed by atoms with Crippen molar-refractivity contribution in [3.8, 4) is 0 Å². The van der Waals surface area contributed by atoms with Gasteiger partial charge in [0.2, 0.25) is 0 Å². The number of hydrogen-bond acceptors (Lipinski definition) is 2. The van der Waals surface area contributed by atoms with Crippen molar-refractivity contribution in [2.75, 3.05) is 11.1 Å². The van der Waals surface area contributed by atoms with E-state index < -0.39 is 11.7 Å². The number of aryl methyl sites for hydroxylation is 1. The van der Waals surface area contributed by atoms with Gasteiger partial charge in [-0.25, -0.2) is 0 Å². The number of anilines is 2. The van der Waals surface area contributed by atoms with Gasteiger partial charge in [-0.15, -0.1) is 0 Å². The van der Waals surface area contributed by atoms with Crippen LogP contribution in [0.15, 0.2) is 42.5 Å². The molecule has 0 aliphatic carbocycles. The minimum atomic E-state index is -4.37. The quantitative estimate of drug-likeness (QED) is 0.827. The van der Waals surface area contributed by atoms with Gasteiger partial charge in [-0.2, -0.15) is 13.2 Å². The van der Waals surface area contributed by atoms with Gasteiger partial charge in [0.1, 0.15) is 0 Å². The fraction of sp³-hybridized carbons (Fsp3) is 0.200. The molecule has 0 saturated carbocycles. The second-order valence-electron chi connectivity index (χ2n) is 4.58. The maximum atomic E-state index is 12.5. The molecular formula is C15H15F3N2. The smallest absolute Gasteiger partial charge is 0.397 e. The third-order valence-corrected chi connectivity index (χ3v) is 3.11. The van der Waals surface area contributed by atoms with E-state index in [1.54, 1.807) is 0 Å². The van der Waals surface area contributed by atoms with Crippen molar-refractivity contribution in [1.82, 2.24) is 0 Å². The maximum Gasteiger partial charge on any atom is 0.416 e. The molecule has 0 bridgehead atoms. The van der Waals surface area contributed by atoms with Crippen LogP contribution in [-0.2, 0) is 12.7 Å². The van der Waals surface area contributed by atoms with E-state index in [1.807, 2.05) is 31.2 Å². The summed E-state index contributed by atoms with van der Waals surface area (Å²) < 4.78 is 37.6. The van der Waals surface area contributed by atoms with Gasteiger partial charge in [0.05, 0.1) is 16.9 Å². The zero-order valence-corrected chi connectivity index (χ0v) is 11.0. The van der Waals surface area contributed by atoms with Crippen LogP contribution in [0.2, 0.25) is 0 Å². The molecule has 0 amide bonds. The van der Waals surface area contributed by atoms with Crippen LogP contribution >= 0.6 is 0 Å². The Hall–Kier alpha value is -2.17. The number of benzene rings is 2. The largest absolute Gasteiger partial charge is 0.416 e. The highest BCUT2D eigenvalue weighted by Crippen LogP contribution is 2.32. The number of halogens is 3. The zero-order valence-electron chi connectivity index (χ0n) is 11.0. The van der Waals surface area contributed by atoms with Crippen molar-refractivity contribution < 1.29 is 13.2 Å². The van der Waals surface area contributed by atoms with Crippen molar-refractivity contribution >= 4 is 11.4 Å². The molecular weight excluding hydrogens is 265 g/mol. The summed E-state index contributed by atoms with van der Waals surface area (Å²) >= 11 is 0. The van der Waals surface area contributed by atoms with Crippen LogP contribution < -0.4 is 11.1 Å². The molecule has 20 heavy (non-hydrogen) atoms. The molecule has 0 radical (unpaired) electrons. The molecule has 0 spiro atoms. The average molecular weight is 280 g/mol. The molecule has 2 nitrogen and oxygen atoms in total. The van der Waals surface area contributed by atoms with Crippen molar-refractivity contribution in [2.24, 2.45) is 0 Å². The fourth-order valence-corrected chi connectivity index (χ4v) is 1.90. The Bertz CT molecular complexity index is 606. The van der Waals surface area contributed by atoms with E-state index >= 15 is 0 Å². The molecule has 106 valence electrons. The molecule has 5 heteroatoms. The Labute approximate surface area is 115 Å². The van der Waals surface area contributed by atoms with Crippen LogP contribution in [0.25, 0.3) is 0 Å². The van der Waals surface area contributed by atoms with Crippen molar-refractivity contribution in [3.63, 3.8) is 0 Å². The van der Waals surface area contributed by atoms with E-state index in [1.165, 1.54) is 6.07 Å². The van der Waals surface area contributed by atoms with E-state index in [0.717, 1.165) is 23.3 Å². The Balaban J connectivity index is 2.13. The SMILES string of the molecule is Cc1ccccc1CNc1ccc(C(F)(F)F)cc1N. The standard InChI is InChI=1S/C15H15F3N2/c1-10-4-2-3-5-11(10)9-20-14-7-6-12(8-13(14)19)15(16,17)18/h2-8,20H,9,19H2,1H3. The highest BCUT2D eigenvalue weighted by Gasteiger charge is 2.30. The van der Waals surface area contributed by atoms with Gasteiger partial charge < -0.3 is 11.1 Å². The maximum absolute atomic E-state index is 12.5. The summed E-state index contributed by atoms with van der Waals surface area (Å²) in [5.41, 5.74) is 7.70. The lowest BCUT2D eigenvalue weighted by Gasteiger charge is -2.13. The number of alkyl halides is 3. The van der Waals surface area contributed by atoms with Crippen LogP contribution in [0.1, 0.15) is 16.7 Å². The van der Waals surface area contributed by atoms with E-state index in [9.17, 15) is 13.2 Å². The number of hydrogen-bond donors (Lipinski definition) is 2. The molecule has 2 rings (SSSR count). The number of nitrogen functional groups attached to an aromatic ring is 1. The van der Waals surface area contributed by atoms with Crippen LogP contribution in [0.5, 0.6) is 0 Å². The topological polar surface area (TPSA) is 38.0 Å². The second-order valence-corrected chi connectivity index (χ2v) is 4.58. The van der Waals surface area contributed by atoms with E-state index in [0.29, 0.717) is 12.2 Å². The first-order chi connectivity index (χ1) is 9.38. The molecule has 0 aromatic heterocycles. The summed E-state index contributed by atoms with van der Waals surface area (Å²) in [6.45, 7) is 2.50. The van der Waals surface area contributed by atoms with Crippen molar-refractivity contribution in [2.45, 2.75) is 19.6 Å². The minimum Gasteiger partial charge on any atom is -0.397 e. The van der Waals surface area contributed by atoms with Gasteiger partial charge in [0.25, 0.3) is 0 Å². The van der Waals surface area contributed by atoms with Crippen molar-refractivity contribution in [3.05, 3.63) is 59.2 Å². The molecule has 0 unspecified atom stereocenters. The number of nitrogens with two attached hydrogens (primary N) is 1. The Morgan fingerprint density at radius 1 is 1.10 bits per heavy atom. The summed E-state index contributed by atoms with van der Waals surface area (Å²) in [5, 5.41) is 3.06. The summed E-state index contributed by atoms with van der Waals surface area (Å²) in [5.74, 6) is 0. The Kier molecular flexibility index (Phi) is 3.88. The first kappa shape index (κ1) is 14.2. The minimum absolute atomic E-state index is 0.0911. The third-order valence-electron chi connectivity index (χ3n) is 3.11. The zero-order chi connectivity index (χ0) is 14.8. The molecule has 0 fully saturated rings. The van der Waals surface area contributed by atoms with Gasteiger partial charge in [0, 0.05) is 6.54 Å². The summed E-state index contributed by atoms with van der Waals surface area (Å²) in [6.07, 6.45) is -4.37. The van der Waals surface area contributed by atoms with Crippen LogP contribution in [0.4, 0.5) is 24.5 Å². The summed E-state index contributed by atoms with van der Waals surface area (Å²) in [4.78, 5) is 0. The van der Waals surface area contributed by atoms with Gasteiger partial charge in [-0.05, 0) is 36.2 Å². The van der Waals surface area contributed by atoms with Crippen LogP contribution in [0.3, 0.4) is 0 Å². The normalized spacial score (nSPS) is 11.4. The number of rotatable bonds is 3. The molecule has 0 saturated heterocycles. The summed E-state index contributed by atoms with van der Waals surface area (Å²) in [6, 6.07) is 11.1. The van der Waals surface area contributed by atoms with Gasteiger partial charge in [0.15, 0.2) is 0 Å². The predicted octanol–water partition coefficient (Wildman–Crippen LogP) is 4.21. The van der Waals surface area contributed by atoms with E-state index in [2.05, 4.69) is 5.32 Å². The average Bonchev–Trinajstić information content (AvgIpc) is 2.38. The lowest BCUT2D eigenvalue weighted by molar-refractivity contribution is -0.137. The van der Waals surface area contributed by atoms with Crippen LogP contribution in [-0.4, -0.2) is 0 Å². The monoisotopic (exact) mass is 280 g/mol. The molecule has 0 aliphatic heterocycles. The first-order valence-electron chi connectivity index (χ1n) is 6.13. The van der Waals surface area contributed by atoms with Crippen LogP contribution in [0, 0.1) is 6.92 Å². The lowest BCUT2D eigenvalue weighted by atomic mass is 10.1.